The van der Waals surface area contributed by atoms with Crippen molar-refractivity contribution < 1.29 is 19.0 Å². The summed E-state index contributed by atoms with van der Waals surface area (Å²) in [5.41, 5.74) is 2.54. The van der Waals surface area contributed by atoms with Gasteiger partial charge in [0, 0.05) is 42.3 Å². The minimum atomic E-state index is -0.741. The Bertz CT molecular complexity index is 1360. The third kappa shape index (κ3) is 5.09. The Morgan fingerprint density at radius 2 is 1.69 bits per heavy atom. The van der Waals surface area contributed by atoms with Crippen molar-refractivity contribution >= 4 is 46.3 Å². The lowest BCUT2D eigenvalue weighted by molar-refractivity contribution is 0.215. The normalized spacial score (nSPS) is 11.1. The number of hydrogen-bond donors (Lipinski definition) is 2. The van der Waals surface area contributed by atoms with E-state index in [2.05, 4.69) is 25.3 Å². The second kappa shape index (κ2) is 10.3. The lowest BCUT2D eigenvalue weighted by Crippen LogP contribution is -2.18. The van der Waals surface area contributed by atoms with Gasteiger partial charge in [-0.25, -0.2) is 14.8 Å². The molecule has 35 heavy (non-hydrogen) atoms. The molecule has 0 aliphatic heterocycles. The zero-order valence-corrected chi connectivity index (χ0v) is 20.9. The summed E-state index contributed by atoms with van der Waals surface area (Å²) >= 11 is 13.2. The first-order chi connectivity index (χ1) is 16.8. The standard InChI is InChI=1S/C23H22Cl2N6O4/c1-31(2)11-12-10-28-22(29-12)30-23(32)35-14-6-5-13(20-21(14)27-8-7-26-20)17-18(24)15(33-3)9-16(34-4)19(17)25/h5-10H,11H2,1-4H3,(H2,28,29,30,32). The number of benzene rings is 2. The van der Waals surface area contributed by atoms with Crippen molar-refractivity contribution in [2.75, 3.05) is 33.6 Å². The average Bonchev–Trinajstić information content (AvgIpc) is 3.26. The van der Waals surface area contributed by atoms with E-state index in [0.29, 0.717) is 40.2 Å². The molecule has 0 saturated heterocycles. The molecule has 10 nitrogen and oxygen atoms in total. The van der Waals surface area contributed by atoms with Crippen molar-refractivity contribution in [3.63, 3.8) is 0 Å². The molecule has 2 N–H and O–H groups in total. The molecule has 0 saturated carbocycles. The summed E-state index contributed by atoms with van der Waals surface area (Å²) in [4.78, 5) is 30.5. The Morgan fingerprint density at radius 3 is 2.31 bits per heavy atom. The molecule has 4 rings (SSSR count). The fraction of sp³-hybridized carbons (Fsp3) is 0.217. The second-order valence-corrected chi connectivity index (χ2v) is 8.40. The van der Waals surface area contributed by atoms with Crippen molar-refractivity contribution in [3.05, 3.63) is 52.5 Å². The van der Waals surface area contributed by atoms with Gasteiger partial charge in [0.1, 0.15) is 22.5 Å². The molecule has 1 amide bonds. The van der Waals surface area contributed by atoms with Crippen molar-refractivity contribution in [1.82, 2.24) is 24.8 Å². The van der Waals surface area contributed by atoms with Crippen LogP contribution < -0.4 is 19.5 Å². The molecule has 182 valence electrons. The second-order valence-electron chi connectivity index (χ2n) is 7.64. The van der Waals surface area contributed by atoms with E-state index in [0.717, 1.165) is 5.69 Å². The summed E-state index contributed by atoms with van der Waals surface area (Å²) in [6.45, 7) is 0.620. The van der Waals surface area contributed by atoms with Gasteiger partial charge in [0.2, 0.25) is 5.95 Å². The Hall–Kier alpha value is -3.60. The summed E-state index contributed by atoms with van der Waals surface area (Å²) in [5, 5.41) is 3.13. The zero-order valence-electron chi connectivity index (χ0n) is 19.3. The van der Waals surface area contributed by atoms with E-state index in [-0.39, 0.29) is 21.7 Å². The van der Waals surface area contributed by atoms with E-state index in [1.807, 2.05) is 19.0 Å². The molecule has 0 fully saturated rings. The number of anilines is 1. The van der Waals surface area contributed by atoms with Gasteiger partial charge < -0.3 is 24.1 Å². The Morgan fingerprint density at radius 1 is 1.03 bits per heavy atom. The van der Waals surface area contributed by atoms with Crippen LogP contribution in [0, 0.1) is 0 Å². The number of aromatic amines is 1. The summed E-state index contributed by atoms with van der Waals surface area (Å²) < 4.78 is 16.3. The van der Waals surface area contributed by atoms with Gasteiger partial charge in [-0.1, -0.05) is 23.2 Å². The van der Waals surface area contributed by atoms with E-state index >= 15 is 0 Å². The number of amides is 1. The first-order valence-electron chi connectivity index (χ1n) is 10.3. The maximum Gasteiger partial charge on any atom is 0.419 e. The molecule has 0 unspecified atom stereocenters. The average molecular weight is 517 g/mol. The zero-order chi connectivity index (χ0) is 25.1. The Labute approximate surface area is 211 Å². The summed E-state index contributed by atoms with van der Waals surface area (Å²) in [6.07, 6.45) is 3.98. The van der Waals surface area contributed by atoms with Crippen LogP contribution in [0.3, 0.4) is 0 Å². The fourth-order valence-corrected chi connectivity index (χ4v) is 4.19. The van der Waals surface area contributed by atoms with Gasteiger partial charge in [-0.2, -0.15) is 0 Å². The van der Waals surface area contributed by atoms with Crippen LogP contribution in [0.25, 0.3) is 22.2 Å². The molecule has 2 heterocycles. The van der Waals surface area contributed by atoms with Crippen molar-refractivity contribution in [2.24, 2.45) is 0 Å². The third-order valence-electron chi connectivity index (χ3n) is 4.96. The van der Waals surface area contributed by atoms with Crippen LogP contribution in [0.5, 0.6) is 17.2 Å². The molecule has 0 aliphatic rings. The molecule has 2 aromatic carbocycles. The van der Waals surface area contributed by atoms with Crippen molar-refractivity contribution in [1.29, 1.82) is 0 Å². The number of aromatic nitrogens is 4. The smallest absolute Gasteiger partial charge is 0.419 e. The van der Waals surface area contributed by atoms with Crippen molar-refractivity contribution in [2.45, 2.75) is 6.54 Å². The minimum absolute atomic E-state index is 0.191. The van der Waals surface area contributed by atoms with Crippen LogP contribution in [0.1, 0.15) is 5.69 Å². The van der Waals surface area contributed by atoms with Gasteiger partial charge in [0.15, 0.2) is 5.75 Å². The number of nitrogens with one attached hydrogen (secondary N) is 2. The predicted molar refractivity (Wildman–Crippen MR) is 134 cm³/mol. The van der Waals surface area contributed by atoms with Gasteiger partial charge in [0.25, 0.3) is 0 Å². The topological polar surface area (TPSA) is 114 Å². The van der Waals surface area contributed by atoms with Crippen LogP contribution in [-0.2, 0) is 6.54 Å². The molecule has 0 aliphatic carbocycles. The summed E-state index contributed by atoms with van der Waals surface area (Å²) in [5.74, 6) is 1.22. The van der Waals surface area contributed by atoms with Crippen LogP contribution in [0.2, 0.25) is 10.0 Å². The van der Waals surface area contributed by atoms with Gasteiger partial charge >= 0.3 is 6.09 Å². The van der Waals surface area contributed by atoms with Gasteiger partial charge in [0.05, 0.1) is 30.0 Å². The minimum Gasteiger partial charge on any atom is -0.495 e. The third-order valence-corrected chi connectivity index (χ3v) is 5.71. The number of carbonyl (C=O) groups is 1. The van der Waals surface area contributed by atoms with Gasteiger partial charge in [-0.15, -0.1) is 0 Å². The Kier molecular flexibility index (Phi) is 7.25. The molecule has 0 radical (unpaired) electrons. The number of rotatable bonds is 7. The number of imidazole rings is 1. The molecular weight excluding hydrogens is 495 g/mol. The number of fused-ring (bicyclic) bond motifs is 1. The molecule has 12 heteroatoms. The van der Waals surface area contributed by atoms with E-state index in [1.54, 1.807) is 24.4 Å². The number of hydrogen-bond acceptors (Lipinski definition) is 8. The molecule has 4 aromatic rings. The summed E-state index contributed by atoms with van der Waals surface area (Å²) in [7, 11) is 6.84. The molecular formula is C23H22Cl2N6O4. The first-order valence-corrected chi connectivity index (χ1v) is 11.1. The van der Waals surface area contributed by atoms with E-state index in [1.165, 1.54) is 26.6 Å². The highest BCUT2D eigenvalue weighted by Gasteiger charge is 2.23. The van der Waals surface area contributed by atoms with E-state index < -0.39 is 6.09 Å². The maximum atomic E-state index is 12.6. The highest BCUT2D eigenvalue weighted by atomic mass is 35.5. The van der Waals surface area contributed by atoms with Crippen LogP contribution in [-0.4, -0.2) is 59.2 Å². The lowest BCUT2D eigenvalue weighted by atomic mass is 10.0. The van der Waals surface area contributed by atoms with E-state index in [9.17, 15) is 4.79 Å². The van der Waals surface area contributed by atoms with Crippen LogP contribution >= 0.6 is 23.2 Å². The number of carbonyl (C=O) groups excluding carboxylic acids is 1. The Balaban J connectivity index is 1.69. The number of methoxy groups -OCH3 is 2. The van der Waals surface area contributed by atoms with Gasteiger partial charge in [-0.3, -0.25) is 10.3 Å². The van der Waals surface area contributed by atoms with Crippen LogP contribution in [0.4, 0.5) is 10.7 Å². The molecule has 2 aromatic heterocycles. The number of H-pyrrole nitrogens is 1. The highest BCUT2D eigenvalue weighted by Crippen LogP contribution is 2.47. The first kappa shape index (κ1) is 24.5. The molecule has 0 spiro atoms. The lowest BCUT2D eigenvalue weighted by Gasteiger charge is -2.16. The van der Waals surface area contributed by atoms with Gasteiger partial charge in [-0.05, 0) is 26.2 Å². The number of halogens is 2. The predicted octanol–water partition coefficient (Wildman–Crippen LogP) is 5.02. The fourth-order valence-electron chi connectivity index (χ4n) is 3.49. The quantitative estimate of drug-likeness (QED) is 0.352. The molecule has 0 bridgehead atoms. The maximum absolute atomic E-state index is 12.6. The van der Waals surface area contributed by atoms with Crippen LogP contribution in [0.15, 0.2) is 36.8 Å². The highest BCUT2D eigenvalue weighted by molar-refractivity contribution is 6.41. The van der Waals surface area contributed by atoms with Crippen molar-refractivity contribution in [3.8, 4) is 28.4 Å². The SMILES string of the molecule is COc1cc(OC)c(Cl)c(-c2ccc(OC(=O)Nc3nc(CN(C)C)c[nH]3)c3nccnc23)c1Cl. The molecule has 0 atom stereocenters. The largest absolute Gasteiger partial charge is 0.495 e. The summed E-state index contributed by atoms with van der Waals surface area (Å²) in [6, 6.07) is 4.88. The number of ether oxygens (including phenoxy) is 3. The van der Waals surface area contributed by atoms with E-state index in [4.69, 9.17) is 37.4 Å². The monoisotopic (exact) mass is 516 g/mol. The number of nitrogens with zero attached hydrogens (tertiary/aromatic N) is 4.